The molecule has 6 heteroatoms. The lowest BCUT2D eigenvalue weighted by atomic mass is 10.2. The zero-order valence-electron chi connectivity index (χ0n) is 9.83. The second-order valence-electron chi connectivity index (χ2n) is 4.01. The number of thioether (sulfide) groups is 1. The molecule has 5 nitrogen and oxygen atoms in total. The fraction of sp³-hybridized carbons (Fsp3) is 0.455. The Labute approximate surface area is 104 Å². The molecule has 2 atom stereocenters. The van der Waals surface area contributed by atoms with E-state index in [2.05, 4.69) is 28.8 Å². The molecule has 0 aromatic carbocycles. The molecule has 1 aromatic heterocycles. The molecule has 1 aliphatic rings. The van der Waals surface area contributed by atoms with Gasteiger partial charge in [-0.1, -0.05) is 25.3 Å². The molecule has 1 aromatic rings. The van der Waals surface area contributed by atoms with Gasteiger partial charge in [0.05, 0.1) is 0 Å². The van der Waals surface area contributed by atoms with Crippen LogP contribution in [0.5, 0.6) is 0 Å². The van der Waals surface area contributed by atoms with Gasteiger partial charge >= 0.3 is 0 Å². The Kier molecular flexibility index (Phi) is 3.42. The lowest BCUT2D eigenvalue weighted by molar-refractivity contribution is 0.619. The summed E-state index contributed by atoms with van der Waals surface area (Å²) >= 11 is 1.34. The van der Waals surface area contributed by atoms with Crippen molar-refractivity contribution >= 4 is 18.0 Å². The zero-order chi connectivity index (χ0) is 12.4. The molecule has 0 bridgehead atoms. The van der Waals surface area contributed by atoms with Gasteiger partial charge in [0.1, 0.15) is 5.69 Å². The van der Waals surface area contributed by atoms with E-state index in [-0.39, 0.29) is 11.5 Å². The summed E-state index contributed by atoms with van der Waals surface area (Å²) in [6, 6.07) is 0. The number of nitrogens with zero attached hydrogens (tertiary/aromatic N) is 4. The van der Waals surface area contributed by atoms with Gasteiger partial charge in [-0.15, -0.1) is 10.2 Å². The predicted molar refractivity (Wildman–Crippen MR) is 68.7 cm³/mol. The Hall–Kier alpha value is -1.43. The van der Waals surface area contributed by atoms with Crippen molar-refractivity contribution in [3.8, 4) is 0 Å². The third kappa shape index (κ3) is 2.31. The molecule has 1 saturated carbocycles. The minimum absolute atomic E-state index is 0.170. The fourth-order valence-corrected chi connectivity index (χ4v) is 2.08. The van der Waals surface area contributed by atoms with Gasteiger partial charge in [-0.3, -0.25) is 4.79 Å². The molecule has 1 aliphatic carbocycles. The number of aromatic nitrogens is 3. The van der Waals surface area contributed by atoms with E-state index < -0.39 is 0 Å². The summed E-state index contributed by atoms with van der Waals surface area (Å²) < 4.78 is 1.29. The summed E-state index contributed by atoms with van der Waals surface area (Å²) in [7, 11) is 0. The maximum absolute atomic E-state index is 12.2. The Morgan fingerprint density at radius 2 is 2.29 bits per heavy atom. The highest BCUT2D eigenvalue weighted by molar-refractivity contribution is 7.98. The van der Waals surface area contributed by atoms with Crippen molar-refractivity contribution in [1.29, 1.82) is 0 Å². The minimum Gasteiger partial charge on any atom is -0.265 e. The highest BCUT2D eigenvalue weighted by Gasteiger charge is 2.38. The van der Waals surface area contributed by atoms with Gasteiger partial charge < -0.3 is 0 Å². The van der Waals surface area contributed by atoms with E-state index in [1.54, 1.807) is 0 Å². The Balaban J connectivity index is 2.49. The van der Waals surface area contributed by atoms with Gasteiger partial charge in [-0.25, -0.2) is 0 Å². The van der Waals surface area contributed by atoms with Crippen molar-refractivity contribution in [2.75, 3.05) is 6.26 Å². The van der Waals surface area contributed by atoms with Crippen LogP contribution in [0.2, 0.25) is 0 Å². The molecule has 17 heavy (non-hydrogen) atoms. The van der Waals surface area contributed by atoms with Crippen LogP contribution in [-0.4, -0.2) is 27.3 Å². The van der Waals surface area contributed by atoms with Crippen molar-refractivity contribution < 1.29 is 0 Å². The first-order valence-electron chi connectivity index (χ1n) is 5.38. The quantitative estimate of drug-likeness (QED) is 0.600. The van der Waals surface area contributed by atoms with Crippen LogP contribution in [0.15, 0.2) is 27.7 Å². The van der Waals surface area contributed by atoms with Gasteiger partial charge in [-0.2, -0.15) is 9.78 Å². The SMILES string of the molecule is C=C/C=N/n1c(SC)nnc(C2CC2C)c1=O. The van der Waals surface area contributed by atoms with Crippen LogP contribution < -0.4 is 5.56 Å². The average Bonchev–Trinajstić information content (AvgIpc) is 3.04. The van der Waals surface area contributed by atoms with E-state index in [1.807, 2.05) is 6.26 Å². The van der Waals surface area contributed by atoms with Gasteiger partial charge in [0.15, 0.2) is 0 Å². The average molecular weight is 250 g/mol. The normalized spacial score (nSPS) is 22.9. The summed E-state index contributed by atoms with van der Waals surface area (Å²) in [5.74, 6) is 0.769. The lowest BCUT2D eigenvalue weighted by Crippen LogP contribution is -2.25. The van der Waals surface area contributed by atoms with Crippen molar-refractivity contribution in [2.45, 2.75) is 24.4 Å². The van der Waals surface area contributed by atoms with Crippen molar-refractivity contribution in [3.05, 3.63) is 28.7 Å². The summed E-state index contributed by atoms with van der Waals surface area (Å²) in [6.07, 6.45) is 5.84. The van der Waals surface area contributed by atoms with Crippen LogP contribution in [0.25, 0.3) is 0 Å². The second kappa shape index (κ2) is 4.83. The second-order valence-corrected chi connectivity index (χ2v) is 4.78. The van der Waals surface area contributed by atoms with E-state index in [4.69, 9.17) is 0 Å². The summed E-state index contributed by atoms with van der Waals surface area (Å²) in [5.41, 5.74) is 0.355. The first-order valence-corrected chi connectivity index (χ1v) is 6.60. The number of hydrogen-bond donors (Lipinski definition) is 0. The first-order chi connectivity index (χ1) is 8.19. The highest BCUT2D eigenvalue weighted by atomic mass is 32.2. The molecule has 1 heterocycles. The number of rotatable bonds is 4. The Morgan fingerprint density at radius 1 is 1.59 bits per heavy atom. The molecule has 90 valence electrons. The van der Waals surface area contributed by atoms with Gasteiger partial charge in [0, 0.05) is 12.1 Å². The van der Waals surface area contributed by atoms with E-state index in [9.17, 15) is 4.79 Å². The number of allylic oxidation sites excluding steroid dienone is 1. The van der Waals surface area contributed by atoms with E-state index in [0.29, 0.717) is 16.8 Å². The van der Waals surface area contributed by atoms with Crippen LogP contribution >= 0.6 is 11.8 Å². The van der Waals surface area contributed by atoms with E-state index in [1.165, 1.54) is 28.7 Å². The molecule has 0 N–H and O–H groups in total. The molecule has 1 fully saturated rings. The standard InChI is InChI=1S/C11H14N4OS/c1-4-5-12-15-10(16)9(8-6-7(8)2)13-14-11(15)17-3/h4-5,7-8H,1,6H2,2-3H3/b12-5+. The maximum Gasteiger partial charge on any atom is 0.297 e. The molecule has 0 amide bonds. The topological polar surface area (TPSA) is 60.1 Å². The molecular weight excluding hydrogens is 236 g/mol. The molecule has 0 aliphatic heterocycles. The predicted octanol–water partition coefficient (Wildman–Crippen LogP) is 1.50. The third-order valence-electron chi connectivity index (χ3n) is 2.77. The van der Waals surface area contributed by atoms with Crippen LogP contribution in [-0.2, 0) is 0 Å². The maximum atomic E-state index is 12.2. The van der Waals surface area contributed by atoms with Gasteiger partial charge in [-0.05, 0) is 24.7 Å². The molecule has 0 spiro atoms. The summed E-state index contributed by atoms with van der Waals surface area (Å²) in [6.45, 7) is 5.64. The summed E-state index contributed by atoms with van der Waals surface area (Å²) in [4.78, 5) is 12.2. The smallest absolute Gasteiger partial charge is 0.265 e. The van der Waals surface area contributed by atoms with Crippen molar-refractivity contribution in [2.24, 2.45) is 11.0 Å². The number of hydrogen-bond acceptors (Lipinski definition) is 5. The van der Waals surface area contributed by atoms with E-state index >= 15 is 0 Å². The zero-order valence-corrected chi connectivity index (χ0v) is 10.6. The monoisotopic (exact) mass is 250 g/mol. The van der Waals surface area contributed by atoms with Crippen LogP contribution in [0.4, 0.5) is 0 Å². The van der Waals surface area contributed by atoms with Crippen LogP contribution in [0.1, 0.15) is 25.0 Å². The molecule has 0 radical (unpaired) electrons. The van der Waals surface area contributed by atoms with Gasteiger partial charge in [0.25, 0.3) is 5.56 Å². The Bertz CT molecular complexity index is 523. The largest absolute Gasteiger partial charge is 0.297 e. The van der Waals surface area contributed by atoms with Crippen LogP contribution in [0, 0.1) is 5.92 Å². The fourth-order valence-electron chi connectivity index (χ4n) is 1.66. The van der Waals surface area contributed by atoms with Crippen LogP contribution in [0.3, 0.4) is 0 Å². The summed E-state index contributed by atoms with van der Waals surface area (Å²) in [5, 5.41) is 12.6. The Morgan fingerprint density at radius 3 is 2.82 bits per heavy atom. The van der Waals surface area contributed by atoms with E-state index in [0.717, 1.165) is 6.42 Å². The third-order valence-corrected chi connectivity index (χ3v) is 3.39. The lowest BCUT2D eigenvalue weighted by Gasteiger charge is -2.04. The van der Waals surface area contributed by atoms with Crippen molar-refractivity contribution in [3.63, 3.8) is 0 Å². The molecule has 0 saturated heterocycles. The first kappa shape index (κ1) is 12.0. The molecule has 2 rings (SSSR count). The van der Waals surface area contributed by atoms with Gasteiger partial charge in [0.2, 0.25) is 5.16 Å². The highest BCUT2D eigenvalue weighted by Crippen LogP contribution is 2.44. The van der Waals surface area contributed by atoms with Crippen molar-refractivity contribution in [1.82, 2.24) is 14.9 Å². The molecule has 2 unspecified atom stereocenters. The minimum atomic E-state index is -0.170. The molecular formula is C11H14N4OS.